The van der Waals surface area contributed by atoms with Gasteiger partial charge in [0.1, 0.15) is 0 Å². The molecule has 0 fully saturated rings. The molecule has 0 atom stereocenters. The predicted molar refractivity (Wildman–Crippen MR) is 56.9 cm³/mol. The topological polar surface area (TPSA) is 69.6 Å². The predicted octanol–water partition coefficient (Wildman–Crippen LogP) is 0.817. The maximum atomic E-state index is 5.85. The van der Waals surface area contributed by atoms with Gasteiger partial charge in [0.2, 0.25) is 0 Å². The molecule has 0 amide bonds. The van der Waals surface area contributed by atoms with Crippen molar-refractivity contribution in [3.63, 3.8) is 0 Å². The molecule has 2 rings (SSSR count). The zero-order valence-electron chi connectivity index (χ0n) is 7.97. The number of benzene rings is 1. The van der Waals surface area contributed by atoms with E-state index in [-0.39, 0.29) is 0 Å². The van der Waals surface area contributed by atoms with Gasteiger partial charge in [0.15, 0.2) is 5.82 Å². The van der Waals surface area contributed by atoms with Gasteiger partial charge in [-0.1, -0.05) is 17.7 Å². The van der Waals surface area contributed by atoms with Crippen LogP contribution in [-0.4, -0.2) is 26.8 Å². The Morgan fingerprint density at radius 3 is 3.00 bits per heavy atom. The minimum atomic E-state index is 0.515. The van der Waals surface area contributed by atoms with Gasteiger partial charge in [-0.05, 0) is 30.0 Å². The maximum absolute atomic E-state index is 5.85. The molecule has 0 saturated heterocycles. The Morgan fingerprint density at radius 1 is 1.40 bits per heavy atom. The lowest BCUT2D eigenvalue weighted by molar-refractivity contribution is 0.717. The standard InChI is InChI=1S/C9H10ClN5/c10-7-2-1-3-8(6-7)15-13-9(4-5-11)12-14-15/h1-3,6H,4-5,11H2. The molecule has 1 heterocycles. The lowest BCUT2D eigenvalue weighted by Gasteiger charge is -1.97. The Kier molecular flexibility index (Phi) is 2.94. The van der Waals surface area contributed by atoms with Crippen LogP contribution >= 0.6 is 11.6 Å². The van der Waals surface area contributed by atoms with Gasteiger partial charge < -0.3 is 5.73 Å². The summed E-state index contributed by atoms with van der Waals surface area (Å²) in [6, 6.07) is 7.27. The first-order chi connectivity index (χ1) is 7.29. The number of tetrazole rings is 1. The van der Waals surface area contributed by atoms with Crippen molar-refractivity contribution < 1.29 is 0 Å². The van der Waals surface area contributed by atoms with Crippen molar-refractivity contribution in [2.24, 2.45) is 5.73 Å². The van der Waals surface area contributed by atoms with Crippen molar-refractivity contribution in [3.05, 3.63) is 35.1 Å². The van der Waals surface area contributed by atoms with Crippen LogP contribution in [0.1, 0.15) is 5.82 Å². The Morgan fingerprint density at radius 2 is 2.27 bits per heavy atom. The fourth-order valence-electron chi connectivity index (χ4n) is 1.18. The van der Waals surface area contributed by atoms with E-state index in [0.29, 0.717) is 23.8 Å². The number of nitrogens with two attached hydrogens (primary N) is 1. The average molecular weight is 224 g/mol. The molecule has 0 saturated carbocycles. The van der Waals surface area contributed by atoms with Gasteiger partial charge in [-0.3, -0.25) is 0 Å². The average Bonchev–Trinajstić information content (AvgIpc) is 2.67. The molecule has 0 radical (unpaired) electrons. The van der Waals surface area contributed by atoms with Crippen LogP contribution in [0.2, 0.25) is 5.02 Å². The van der Waals surface area contributed by atoms with E-state index < -0.39 is 0 Å². The SMILES string of the molecule is NCCc1nnn(-c2cccc(Cl)c2)n1. The second-order valence-corrected chi connectivity index (χ2v) is 3.45. The molecular formula is C9H10ClN5. The molecular weight excluding hydrogens is 214 g/mol. The molecule has 0 aliphatic carbocycles. The lowest BCUT2D eigenvalue weighted by Crippen LogP contribution is -2.05. The number of nitrogens with zero attached hydrogens (tertiary/aromatic N) is 4. The van der Waals surface area contributed by atoms with Crippen LogP contribution in [-0.2, 0) is 6.42 Å². The third kappa shape index (κ3) is 2.31. The van der Waals surface area contributed by atoms with Crippen LogP contribution in [0.15, 0.2) is 24.3 Å². The molecule has 1 aromatic carbocycles. The smallest absolute Gasteiger partial charge is 0.176 e. The normalized spacial score (nSPS) is 10.5. The molecule has 5 nitrogen and oxygen atoms in total. The largest absolute Gasteiger partial charge is 0.330 e. The van der Waals surface area contributed by atoms with Crippen molar-refractivity contribution in [3.8, 4) is 5.69 Å². The number of aromatic nitrogens is 4. The highest BCUT2D eigenvalue weighted by Gasteiger charge is 2.03. The number of rotatable bonds is 3. The van der Waals surface area contributed by atoms with E-state index in [1.165, 1.54) is 4.80 Å². The summed E-state index contributed by atoms with van der Waals surface area (Å²) >= 11 is 5.85. The fourth-order valence-corrected chi connectivity index (χ4v) is 1.37. The van der Waals surface area contributed by atoms with E-state index in [2.05, 4.69) is 15.4 Å². The summed E-state index contributed by atoms with van der Waals surface area (Å²) in [6.07, 6.45) is 0.626. The molecule has 0 bridgehead atoms. The van der Waals surface area contributed by atoms with Crippen molar-refractivity contribution in [2.75, 3.05) is 6.54 Å². The van der Waals surface area contributed by atoms with Crippen LogP contribution < -0.4 is 5.73 Å². The van der Waals surface area contributed by atoms with Crippen LogP contribution in [0.5, 0.6) is 0 Å². The first kappa shape index (κ1) is 10.1. The molecule has 78 valence electrons. The molecule has 0 unspecified atom stereocenters. The van der Waals surface area contributed by atoms with Gasteiger partial charge in [0, 0.05) is 11.4 Å². The molecule has 1 aromatic heterocycles. The molecule has 6 heteroatoms. The van der Waals surface area contributed by atoms with Crippen LogP contribution in [0, 0.1) is 0 Å². The molecule has 0 spiro atoms. The third-order valence-corrected chi connectivity index (χ3v) is 2.10. The quantitative estimate of drug-likeness (QED) is 0.836. The van der Waals surface area contributed by atoms with Crippen LogP contribution in [0.25, 0.3) is 5.69 Å². The number of hydrogen-bond acceptors (Lipinski definition) is 4. The third-order valence-electron chi connectivity index (χ3n) is 1.86. The summed E-state index contributed by atoms with van der Waals surface area (Å²) in [5.74, 6) is 0.637. The van der Waals surface area contributed by atoms with Crippen LogP contribution in [0.3, 0.4) is 0 Å². The second-order valence-electron chi connectivity index (χ2n) is 3.01. The lowest BCUT2D eigenvalue weighted by atomic mass is 10.3. The zero-order chi connectivity index (χ0) is 10.7. The minimum absolute atomic E-state index is 0.515. The highest BCUT2D eigenvalue weighted by Crippen LogP contribution is 2.12. The van der Waals surface area contributed by atoms with E-state index in [9.17, 15) is 0 Å². The van der Waals surface area contributed by atoms with Gasteiger partial charge in [-0.2, -0.15) is 0 Å². The summed E-state index contributed by atoms with van der Waals surface area (Å²) in [7, 11) is 0. The summed E-state index contributed by atoms with van der Waals surface area (Å²) in [5, 5.41) is 12.6. The van der Waals surface area contributed by atoms with E-state index in [0.717, 1.165) is 5.69 Å². The highest BCUT2D eigenvalue weighted by atomic mass is 35.5. The van der Waals surface area contributed by atoms with Crippen molar-refractivity contribution in [1.29, 1.82) is 0 Å². The second kappa shape index (κ2) is 4.37. The van der Waals surface area contributed by atoms with Crippen molar-refractivity contribution in [2.45, 2.75) is 6.42 Å². The van der Waals surface area contributed by atoms with Gasteiger partial charge in [-0.25, -0.2) is 0 Å². The zero-order valence-corrected chi connectivity index (χ0v) is 8.72. The maximum Gasteiger partial charge on any atom is 0.176 e. The van der Waals surface area contributed by atoms with Gasteiger partial charge in [0.25, 0.3) is 0 Å². The first-order valence-electron chi connectivity index (χ1n) is 4.54. The molecule has 2 aromatic rings. The molecule has 0 aliphatic rings. The summed E-state index contributed by atoms with van der Waals surface area (Å²) in [4.78, 5) is 1.44. The van der Waals surface area contributed by atoms with Gasteiger partial charge in [0.05, 0.1) is 5.69 Å². The Hall–Kier alpha value is -1.46. The molecule has 0 aliphatic heterocycles. The Labute approximate surface area is 91.8 Å². The van der Waals surface area contributed by atoms with E-state index in [4.69, 9.17) is 17.3 Å². The Bertz CT molecular complexity index is 453. The summed E-state index contributed by atoms with van der Waals surface area (Å²) < 4.78 is 0. The van der Waals surface area contributed by atoms with Crippen LogP contribution in [0.4, 0.5) is 0 Å². The van der Waals surface area contributed by atoms with E-state index in [1.54, 1.807) is 12.1 Å². The first-order valence-corrected chi connectivity index (χ1v) is 4.92. The van der Waals surface area contributed by atoms with Crippen molar-refractivity contribution >= 4 is 11.6 Å². The summed E-state index contributed by atoms with van der Waals surface area (Å²) in [6.45, 7) is 0.515. The molecule has 15 heavy (non-hydrogen) atoms. The molecule has 2 N–H and O–H groups in total. The van der Waals surface area contributed by atoms with E-state index >= 15 is 0 Å². The minimum Gasteiger partial charge on any atom is -0.330 e. The van der Waals surface area contributed by atoms with Gasteiger partial charge in [-0.15, -0.1) is 15.0 Å². The van der Waals surface area contributed by atoms with Gasteiger partial charge >= 0.3 is 0 Å². The van der Waals surface area contributed by atoms with Crippen molar-refractivity contribution in [1.82, 2.24) is 20.2 Å². The van der Waals surface area contributed by atoms with E-state index in [1.807, 2.05) is 12.1 Å². The number of hydrogen-bond donors (Lipinski definition) is 1. The Balaban J connectivity index is 2.29. The highest BCUT2D eigenvalue weighted by molar-refractivity contribution is 6.30. The summed E-state index contributed by atoms with van der Waals surface area (Å²) in [5.41, 5.74) is 6.18. The fraction of sp³-hybridized carbons (Fsp3) is 0.222. The number of halogens is 1. The monoisotopic (exact) mass is 223 g/mol.